The van der Waals surface area contributed by atoms with E-state index in [1.165, 1.54) is 0 Å². The molecule has 4 N–H and O–H groups in total. The number of hydrogen-bond donors (Lipinski definition) is 3. The van der Waals surface area contributed by atoms with Crippen LogP contribution in [0.2, 0.25) is 5.02 Å². The Labute approximate surface area is 120 Å². The van der Waals surface area contributed by atoms with Crippen LogP contribution in [0.4, 0.5) is 18.9 Å². The fraction of sp³-hybridized carbons (Fsp3) is 0.333. The van der Waals surface area contributed by atoms with Crippen molar-refractivity contribution < 1.29 is 32.4 Å². The summed E-state index contributed by atoms with van der Waals surface area (Å²) in [5.41, 5.74) is 1.90. The normalized spacial score (nSPS) is 15.6. The van der Waals surface area contributed by atoms with Crippen molar-refractivity contribution in [3.8, 4) is 0 Å². The Hall–Kier alpha value is -1.19. The zero-order valence-electron chi connectivity index (χ0n) is 10.3. The minimum atomic E-state index is -5.10. The molecule has 0 aromatic heterocycles. The molecular weight excluding hydrogens is 340 g/mol. The van der Waals surface area contributed by atoms with Crippen molar-refractivity contribution in [3.05, 3.63) is 38.4 Å². The van der Waals surface area contributed by atoms with Crippen LogP contribution in [0.5, 0.6) is 0 Å². The van der Waals surface area contributed by atoms with Crippen LogP contribution in [0.3, 0.4) is 0 Å². The third-order valence-corrected chi connectivity index (χ3v) is 4.50. The Kier molecular flexibility index (Phi) is 4.44. The number of benzene rings is 1. The minimum absolute atomic E-state index is 0.0957. The van der Waals surface area contributed by atoms with Crippen LogP contribution in [-0.4, -0.2) is 14.7 Å². The summed E-state index contributed by atoms with van der Waals surface area (Å²) in [7, 11) is -5.10. The first kappa shape index (κ1) is 17.9. The predicted molar refractivity (Wildman–Crippen MR) is 66.7 cm³/mol. The van der Waals surface area contributed by atoms with Crippen LogP contribution in [0.1, 0.15) is 18.1 Å². The third-order valence-electron chi connectivity index (χ3n) is 2.74. The molecule has 0 aliphatic heterocycles. The average Bonchev–Trinajstić information content (AvgIpc) is 2.24. The minimum Gasteiger partial charge on any atom is -0.323 e. The Morgan fingerprint density at radius 2 is 1.81 bits per heavy atom. The van der Waals surface area contributed by atoms with E-state index in [1.807, 2.05) is 0 Å². The van der Waals surface area contributed by atoms with Gasteiger partial charge in [0.15, 0.2) is 0 Å². The molecule has 0 aliphatic carbocycles. The lowest BCUT2D eigenvalue weighted by molar-refractivity contribution is -0.386. The lowest BCUT2D eigenvalue weighted by Crippen LogP contribution is -2.33. The van der Waals surface area contributed by atoms with Crippen LogP contribution >= 0.6 is 19.2 Å². The molecule has 1 aromatic carbocycles. The second kappa shape index (κ2) is 5.22. The highest BCUT2D eigenvalue weighted by Gasteiger charge is 2.46. The number of halogens is 4. The zero-order valence-corrected chi connectivity index (χ0v) is 11.9. The Balaban J connectivity index is 3.74. The number of hydrogen-bond acceptors (Lipinski definition) is 4. The van der Waals surface area contributed by atoms with E-state index in [1.54, 1.807) is 0 Å². The molecule has 21 heavy (non-hydrogen) atoms. The van der Waals surface area contributed by atoms with Gasteiger partial charge in [0, 0.05) is 6.07 Å². The molecule has 1 rings (SSSR count). The third kappa shape index (κ3) is 3.35. The second-order valence-electron chi connectivity index (χ2n) is 4.30. The van der Waals surface area contributed by atoms with E-state index in [2.05, 4.69) is 0 Å². The topological polar surface area (TPSA) is 127 Å². The molecule has 0 amide bonds. The molecule has 7 nitrogen and oxygen atoms in total. The van der Waals surface area contributed by atoms with E-state index in [0.29, 0.717) is 6.07 Å². The Bertz CT molecular complexity index is 643. The maximum Gasteiger partial charge on any atom is 0.418 e. The standard InChI is InChI=1S/C9H9ClF3N2O5P/c1-8(14,21(18,19)20)5-2-6(10)4(9(11,12)13)3-7(5)15(16)17/h2-3H,14H2,1H3,(H2,18,19,20). The van der Waals surface area contributed by atoms with E-state index in [-0.39, 0.29) is 6.07 Å². The largest absolute Gasteiger partial charge is 0.418 e. The molecule has 0 aliphatic rings. The molecule has 0 saturated heterocycles. The van der Waals surface area contributed by atoms with Gasteiger partial charge in [0.2, 0.25) is 0 Å². The molecule has 1 atom stereocenters. The van der Waals surface area contributed by atoms with Gasteiger partial charge in [0.1, 0.15) is 5.28 Å². The fourth-order valence-electron chi connectivity index (χ4n) is 1.49. The maximum atomic E-state index is 12.7. The molecule has 12 heteroatoms. The van der Waals surface area contributed by atoms with Gasteiger partial charge in [-0.2, -0.15) is 13.2 Å². The number of rotatable bonds is 3. The molecule has 118 valence electrons. The van der Waals surface area contributed by atoms with Gasteiger partial charge in [-0.05, 0) is 13.0 Å². The van der Waals surface area contributed by atoms with Crippen molar-refractivity contribution in [1.82, 2.24) is 0 Å². The summed E-state index contributed by atoms with van der Waals surface area (Å²) in [6.07, 6.45) is -4.96. The number of nitrogens with two attached hydrogens (primary N) is 1. The van der Waals surface area contributed by atoms with Gasteiger partial charge >= 0.3 is 13.8 Å². The number of nitro benzene ring substituents is 1. The second-order valence-corrected chi connectivity index (χ2v) is 6.72. The van der Waals surface area contributed by atoms with Crippen molar-refractivity contribution in [1.29, 1.82) is 0 Å². The summed E-state index contributed by atoms with van der Waals surface area (Å²) in [6.45, 7) is 0.764. The van der Waals surface area contributed by atoms with E-state index in [0.717, 1.165) is 6.92 Å². The lowest BCUT2D eigenvalue weighted by Gasteiger charge is -2.26. The highest BCUT2D eigenvalue weighted by atomic mass is 35.5. The number of nitro groups is 1. The fourth-order valence-corrected chi connectivity index (χ4v) is 2.26. The highest BCUT2D eigenvalue weighted by Crippen LogP contribution is 2.56. The number of alkyl halides is 3. The Morgan fingerprint density at radius 1 is 1.33 bits per heavy atom. The van der Waals surface area contributed by atoms with E-state index in [4.69, 9.17) is 27.1 Å². The molecule has 0 spiro atoms. The van der Waals surface area contributed by atoms with Crippen LogP contribution in [0.25, 0.3) is 0 Å². The first-order chi connectivity index (χ1) is 9.19. The van der Waals surface area contributed by atoms with Gasteiger partial charge in [0.05, 0.1) is 21.1 Å². The maximum absolute atomic E-state index is 12.7. The van der Waals surface area contributed by atoms with E-state index in [9.17, 15) is 27.9 Å². The van der Waals surface area contributed by atoms with Crippen molar-refractivity contribution in [2.24, 2.45) is 5.73 Å². The predicted octanol–water partition coefficient (Wildman–Crippen LogP) is 2.58. The lowest BCUT2D eigenvalue weighted by atomic mass is 10.0. The molecular formula is C9H9ClF3N2O5P. The zero-order chi connectivity index (χ0) is 16.8. The molecule has 0 heterocycles. The van der Waals surface area contributed by atoms with E-state index < -0.39 is 45.8 Å². The quantitative estimate of drug-likeness (QED) is 0.438. The SMILES string of the molecule is CC(N)(c1cc(Cl)c(C(F)(F)F)cc1[N+](=O)[O-])P(=O)(O)O. The van der Waals surface area contributed by atoms with Gasteiger partial charge in [-0.15, -0.1) is 0 Å². The molecule has 1 unspecified atom stereocenters. The van der Waals surface area contributed by atoms with Crippen LogP contribution in [-0.2, 0) is 16.0 Å². The van der Waals surface area contributed by atoms with Crippen molar-refractivity contribution >= 4 is 24.9 Å². The molecule has 0 radical (unpaired) electrons. The van der Waals surface area contributed by atoms with Crippen molar-refractivity contribution in [2.75, 3.05) is 0 Å². The van der Waals surface area contributed by atoms with Crippen molar-refractivity contribution in [3.63, 3.8) is 0 Å². The summed E-state index contributed by atoms with van der Waals surface area (Å²) in [6, 6.07) is 0.542. The van der Waals surface area contributed by atoms with Crippen molar-refractivity contribution in [2.45, 2.75) is 18.4 Å². The summed E-state index contributed by atoms with van der Waals surface area (Å²) in [5.74, 6) is 0. The first-order valence-corrected chi connectivity index (χ1v) is 7.08. The monoisotopic (exact) mass is 348 g/mol. The van der Waals surface area contributed by atoms with Gasteiger partial charge in [-0.25, -0.2) is 0 Å². The summed E-state index contributed by atoms with van der Waals surface area (Å²) >= 11 is 5.40. The van der Waals surface area contributed by atoms with Gasteiger partial charge in [-0.3, -0.25) is 14.7 Å². The molecule has 0 fully saturated rings. The smallest absolute Gasteiger partial charge is 0.323 e. The summed E-state index contributed by atoms with van der Waals surface area (Å²) < 4.78 is 49.3. The van der Waals surface area contributed by atoms with Gasteiger partial charge < -0.3 is 15.5 Å². The highest BCUT2D eigenvalue weighted by molar-refractivity contribution is 7.53. The molecule has 0 saturated carbocycles. The average molecular weight is 349 g/mol. The Morgan fingerprint density at radius 3 is 2.14 bits per heavy atom. The summed E-state index contributed by atoms with van der Waals surface area (Å²) in [4.78, 5) is 27.9. The van der Waals surface area contributed by atoms with Crippen LogP contribution in [0, 0.1) is 10.1 Å². The first-order valence-electron chi connectivity index (χ1n) is 5.09. The van der Waals surface area contributed by atoms with E-state index >= 15 is 0 Å². The van der Waals surface area contributed by atoms with Gasteiger partial charge in [0.25, 0.3) is 5.69 Å². The molecule has 0 bridgehead atoms. The summed E-state index contributed by atoms with van der Waals surface area (Å²) in [5, 5.41) is 7.36. The van der Waals surface area contributed by atoms with Crippen LogP contribution < -0.4 is 5.73 Å². The van der Waals surface area contributed by atoms with Gasteiger partial charge in [-0.1, -0.05) is 11.6 Å². The van der Waals surface area contributed by atoms with Crippen LogP contribution in [0.15, 0.2) is 12.1 Å². The molecule has 1 aromatic rings. The number of nitrogens with zero attached hydrogens (tertiary/aromatic N) is 1.